The highest BCUT2D eigenvalue weighted by atomic mass is 16.4. The van der Waals surface area contributed by atoms with Gasteiger partial charge in [-0.2, -0.15) is 0 Å². The summed E-state index contributed by atoms with van der Waals surface area (Å²) in [5, 5.41) is 11.2. The average Bonchev–Trinajstić information content (AvgIpc) is 2.33. The van der Waals surface area contributed by atoms with Gasteiger partial charge in [-0.3, -0.25) is 9.59 Å². The summed E-state index contributed by atoms with van der Waals surface area (Å²) in [6.45, 7) is 11.8. The van der Waals surface area contributed by atoms with Crippen molar-refractivity contribution >= 4 is 11.9 Å². The summed E-state index contributed by atoms with van der Waals surface area (Å²) >= 11 is 0. The molecule has 0 saturated heterocycles. The van der Waals surface area contributed by atoms with Gasteiger partial charge < -0.3 is 10.4 Å². The Kier molecular flexibility index (Phi) is 21.7. The normalized spacial score (nSPS) is 10.0. The molecule has 0 radical (unpaired) electrons. The standard InChI is InChI=1S/C9H17NO3.2C2H6/c1-7(9(12)13)5-3-4-6-10-8(2)11;2*1-2/h7H,3-6H2,1-2H3,(H,10,11)(H,12,13);2*1-2H3. The van der Waals surface area contributed by atoms with Crippen LogP contribution in [0, 0.1) is 5.92 Å². The third-order valence-electron chi connectivity index (χ3n) is 1.86. The summed E-state index contributed by atoms with van der Waals surface area (Å²) in [4.78, 5) is 20.8. The highest BCUT2D eigenvalue weighted by molar-refractivity contribution is 5.72. The minimum absolute atomic E-state index is 0.0358. The van der Waals surface area contributed by atoms with Crippen molar-refractivity contribution in [3.8, 4) is 0 Å². The number of carbonyl (C=O) groups is 2. The van der Waals surface area contributed by atoms with Gasteiger partial charge in [-0.1, -0.05) is 41.0 Å². The second-order valence-electron chi connectivity index (χ2n) is 3.22. The van der Waals surface area contributed by atoms with Gasteiger partial charge in [0.25, 0.3) is 0 Å². The molecule has 2 N–H and O–H groups in total. The molecule has 0 aliphatic carbocycles. The van der Waals surface area contributed by atoms with Gasteiger partial charge in [0.05, 0.1) is 5.92 Å². The molecule has 1 amide bonds. The Morgan fingerprint density at radius 1 is 1.12 bits per heavy atom. The number of hydrogen-bond acceptors (Lipinski definition) is 2. The number of aliphatic carboxylic acids is 1. The average molecular weight is 247 g/mol. The Balaban J connectivity index is -0.000000439. The Bertz CT molecular complexity index is 182. The van der Waals surface area contributed by atoms with Crippen molar-refractivity contribution in [3.05, 3.63) is 0 Å². The van der Waals surface area contributed by atoms with Gasteiger partial charge in [0.1, 0.15) is 0 Å². The Labute approximate surface area is 106 Å². The number of carboxylic acids is 1. The molecule has 0 aromatic carbocycles. The summed E-state index contributed by atoms with van der Waals surface area (Å²) in [7, 11) is 0. The maximum Gasteiger partial charge on any atom is 0.306 e. The highest BCUT2D eigenvalue weighted by Crippen LogP contribution is 2.06. The molecule has 0 spiro atoms. The minimum atomic E-state index is -0.750. The van der Waals surface area contributed by atoms with E-state index in [1.807, 2.05) is 27.7 Å². The predicted octanol–water partition coefficient (Wildman–Crippen LogP) is 3.07. The van der Waals surface area contributed by atoms with Crippen molar-refractivity contribution in [2.75, 3.05) is 6.54 Å². The smallest absolute Gasteiger partial charge is 0.306 e. The topological polar surface area (TPSA) is 66.4 Å². The largest absolute Gasteiger partial charge is 0.481 e. The van der Waals surface area contributed by atoms with E-state index >= 15 is 0 Å². The van der Waals surface area contributed by atoms with Gasteiger partial charge in [0.15, 0.2) is 0 Å². The molecule has 0 heterocycles. The molecule has 4 heteroatoms. The van der Waals surface area contributed by atoms with E-state index in [1.54, 1.807) is 6.92 Å². The first-order chi connectivity index (χ1) is 8.04. The van der Waals surface area contributed by atoms with Crippen molar-refractivity contribution in [2.24, 2.45) is 5.92 Å². The molecule has 0 aromatic heterocycles. The number of amides is 1. The van der Waals surface area contributed by atoms with Gasteiger partial charge >= 0.3 is 5.97 Å². The highest BCUT2D eigenvalue weighted by Gasteiger charge is 2.09. The second kappa shape index (κ2) is 17.3. The summed E-state index contributed by atoms with van der Waals surface area (Å²) < 4.78 is 0. The van der Waals surface area contributed by atoms with Crippen LogP contribution in [0.25, 0.3) is 0 Å². The third kappa shape index (κ3) is 20.9. The SMILES string of the molecule is CC.CC.CC(=O)NCCCCC(C)C(=O)O. The summed E-state index contributed by atoms with van der Waals surface area (Å²) in [6.07, 6.45) is 2.36. The van der Waals surface area contributed by atoms with Crippen LogP contribution in [0.3, 0.4) is 0 Å². The first kappa shape index (κ1) is 21.2. The van der Waals surface area contributed by atoms with E-state index in [0.29, 0.717) is 13.0 Å². The van der Waals surface area contributed by atoms with Crippen LogP contribution < -0.4 is 5.32 Å². The molecule has 104 valence electrons. The quantitative estimate of drug-likeness (QED) is 0.709. The van der Waals surface area contributed by atoms with Crippen molar-refractivity contribution in [1.29, 1.82) is 0 Å². The molecule has 1 unspecified atom stereocenters. The van der Waals surface area contributed by atoms with Gasteiger partial charge in [-0.25, -0.2) is 0 Å². The molecule has 0 rings (SSSR count). The number of unbranched alkanes of at least 4 members (excludes halogenated alkanes) is 1. The van der Waals surface area contributed by atoms with Crippen LogP contribution >= 0.6 is 0 Å². The zero-order valence-corrected chi connectivity index (χ0v) is 12.2. The maximum absolute atomic E-state index is 10.4. The number of nitrogens with one attached hydrogen (secondary N) is 1. The lowest BCUT2D eigenvalue weighted by atomic mass is 10.0. The van der Waals surface area contributed by atoms with E-state index in [4.69, 9.17) is 5.11 Å². The summed E-state index contributed by atoms with van der Waals surface area (Å²) in [5.41, 5.74) is 0. The van der Waals surface area contributed by atoms with E-state index < -0.39 is 5.97 Å². The summed E-state index contributed by atoms with van der Waals surface area (Å²) in [6, 6.07) is 0. The van der Waals surface area contributed by atoms with Gasteiger partial charge in [-0.15, -0.1) is 0 Å². The Morgan fingerprint density at radius 3 is 1.94 bits per heavy atom. The molecule has 17 heavy (non-hydrogen) atoms. The van der Waals surface area contributed by atoms with Crippen molar-refractivity contribution < 1.29 is 14.7 Å². The number of hydrogen-bond donors (Lipinski definition) is 2. The van der Waals surface area contributed by atoms with Crippen LogP contribution in [0.5, 0.6) is 0 Å². The van der Waals surface area contributed by atoms with Crippen LogP contribution in [-0.2, 0) is 9.59 Å². The molecule has 0 saturated carbocycles. The molecule has 0 aliphatic rings. The minimum Gasteiger partial charge on any atom is -0.481 e. The van der Waals surface area contributed by atoms with Gasteiger partial charge in [-0.05, 0) is 12.8 Å². The first-order valence-electron chi connectivity index (χ1n) is 6.51. The monoisotopic (exact) mass is 247 g/mol. The molecular weight excluding hydrogens is 218 g/mol. The lowest BCUT2D eigenvalue weighted by Crippen LogP contribution is -2.21. The van der Waals surface area contributed by atoms with Crippen LogP contribution in [0.2, 0.25) is 0 Å². The fourth-order valence-corrected chi connectivity index (χ4v) is 0.963. The van der Waals surface area contributed by atoms with Gasteiger partial charge in [0.2, 0.25) is 5.91 Å². The van der Waals surface area contributed by atoms with Crippen molar-refractivity contribution in [1.82, 2.24) is 5.32 Å². The van der Waals surface area contributed by atoms with Crippen LogP contribution in [0.1, 0.15) is 60.8 Å². The summed E-state index contributed by atoms with van der Waals surface area (Å²) in [5.74, 6) is -1.07. The fourth-order valence-electron chi connectivity index (χ4n) is 0.963. The van der Waals surface area contributed by atoms with Crippen LogP contribution in [-0.4, -0.2) is 23.5 Å². The number of carboxylic acid groups (broad SMARTS) is 1. The van der Waals surface area contributed by atoms with E-state index in [2.05, 4.69) is 5.32 Å². The molecular formula is C13H29NO3. The number of rotatable bonds is 6. The van der Waals surface area contributed by atoms with E-state index in [1.165, 1.54) is 6.92 Å². The van der Waals surface area contributed by atoms with Crippen molar-refractivity contribution in [2.45, 2.75) is 60.8 Å². The zero-order chi connectivity index (χ0) is 14.3. The fraction of sp³-hybridized carbons (Fsp3) is 0.846. The van der Waals surface area contributed by atoms with E-state index in [0.717, 1.165) is 12.8 Å². The third-order valence-corrected chi connectivity index (χ3v) is 1.86. The maximum atomic E-state index is 10.4. The lowest BCUT2D eigenvalue weighted by Gasteiger charge is -2.05. The van der Waals surface area contributed by atoms with Crippen LogP contribution in [0.15, 0.2) is 0 Å². The Morgan fingerprint density at radius 2 is 1.59 bits per heavy atom. The van der Waals surface area contributed by atoms with Crippen LogP contribution in [0.4, 0.5) is 0 Å². The molecule has 4 nitrogen and oxygen atoms in total. The molecule has 0 aromatic rings. The predicted molar refractivity (Wildman–Crippen MR) is 72.0 cm³/mol. The lowest BCUT2D eigenvalue weighted by molar-refractivity contribution is -0.141. The van der Waals surface area contributed by atoms with Gasteiger partial charge in [0, 0.05) is 13.5 Å². The molecule has 0 bridgehead atoms. The molecule has 1 atom stereocenters. The van der Waals surface area contributed by atoms with Crippen molar-refractivity contribution in [3.63, 3.8) is 0 Å². The first-order valence-corrected chi connectivity index (χ1v) is 6.51. The number of carbonyl (C=O) groups excluding carboxylic acids is 1. The zero-order valence-electron chi connectivity index (χ0n) is 12.2. The van der Waals surface area contributed by atoms with E-state index in [9.17, 15) is 9.59 Å². The Hall–Kier alpha value is -1.06. The molecule has 0 aliphatic heterocycles. The second-order valence-corrected chi connectivity index (χ2v) is 3.22. The van der Waals surface area contributed by atoms with E-state index in [-0.39, 0.29) is 11.8 Å². The molecule has 0 fully saturated rings.